The first kappa shape index (κ1) is 16.0. The molecule has 1 aromatic carbocycles. The van der Waals surface area contributed by atoms with Crippen LogP contribution in [0.4, 0.5) is 11.4 Å². The van der Waals surface area contributed by atoms with Gasteiger partial charge >= 0.3 is 0 Å². The highest BCUT2D eigenvalue weighted by molar-refractivity contribution is 5.64. The van der Waals surface area contributed by atoms with Crippen LogP contribution in [0.25, 0.3) is 0 Å². The van der Waals surface area contributed by atoms with Crippen LogP contribution in [0.5, 0.6) is 0 Å². The predicted molar refractivity (Wildman–Crippen MR) is 88.6 cm³/mol. The molecule has 3 rings (SSSR count). The smallest absolute Gasteiger partial charge is 0.293 e. The summed E-state index contributed by atoms with van der Waals surface area (Å²) < 4.78 is 5.55. The van der Waals surface area contributed by atoms with E-state index in [1.165, 1.54) is 6.07 Å². The van der Waals surface area contributed by atoms with E-state index in [-0.39, 0.29) is 17.3 Å². The number of rotatable bonds is 6. The van der Waals surface area contributed by atoms with Crippen LogP contribution in [0.3, 0.4) is 0 Å². The molecule has 2 aromatic rings. The summed E-state index contributed by atoms with van der Waals surface area (Å²) in [5.74, 6) is 0.848. The molecular weight excluding hydrogens is 308 g/mol. The van der Waals surface area contributed by atoms with Gasteiger partial charge in [-0.1, -0.05) is 0 Å². The van der Waals surface area contributed by atoms with E-state index in [2.05, 4.69) is 10.2 Å². The Kier molecular flexibility index (Phi) is 4.77. The molecule has 24 heavy (non-hydrogen) atoms. The number of nitro benzene ring substituents is 1. The summed E-state index contributed by atoms with van der Waals surface area (Å²) >= 11 is 0. The minimum Gasteiger partial charge on any atom is -0.468 e. The fourth-order valence-electron chi connectivity index (χ4n) is 3.05. The average molecular weight is 326 g/mol. The maximum absolute atomic E-state index is 11.2. The van der Waals surface area contributed by atoms with Gasteiger partial charge in [-0.05, 0) is 50.2 Å². The summed E-state index contributed by atoms with van der Waals surface area (Å²) in [5, 5.41) is 23.3. The van der Waals surface area contributed by atoms with Crippen molar-refractivity contribution < 1.29 is 9.34 Å². The van der Waals surface area contributed by atoms with Crippen LogP contribution < -0.4 is 5.32 Å². The molecule has 1 saturated heterocycles. The van der Waals surface area contributed by atoms with Crippen molar-refractivity contribution in [1.82, 2.24) is 4.90 Å². The third-order valence-electron chi connectivity index (χ3n) is 4.26. The molecule has 1 aliphatic heterocycles. The van der Waals surface area contributed by atoms with Gasteiger partial charge in [0.25, 0.3) is 5.69 Å². The molecule has 0 bridgehead atoms. The van der Waals surface area contributed by atoms with E-state index in [4.69, 9.17) is 9.68 Å². The number of nitriles is 1. The number of likely N-dealkylation sites (tertiary alicyclic amines) is 1. The van der Waals surface area contributed by atoms with Crippen molar-refractivity contribution in [2.75, 3.05) is 25.0 Å². The zero-order chi connectivity index (χ0) is 16.9. The third-order valence-corrected chi connectivity index (χ3v) is 4.26. The molecule has 1 atom stereocenters. The van der Waals surface area contributed by atoms with Crippen molar-refractivity contribution in [1.29, 1.82) is 5.26 Å². The highest BCUT2D eigenvalue weighted by atomic mass is 16.6. The normalized spacial score (nSPS) is 15.8. The second kappa shape index (κ2) is 7.15. The first-order valence-electron chi connectivity index (χ1n) is 7.89. The van der Waals surface area contributed by atoms with Crippen molar-refractivity contribution in [2.45, 2.75) is 18.9 Å². The van der Waals surface area contributed by atoms with E-state index in [9.17, 15) is 10.1 Å². The van der Waals surface area contributed by atoms with Gasteiger partial charge in [-0.15, -0.1) is 0 Å². The van der Waals surface area contributed by atoms with Crippen molar-refractivity contribution in [2.24, 2.45) is 0 Å². The van der Waals surface area contributed by atoms with Crippen LogP contribution >= 0.6 is 0 Å². The molecule has 0 unspecified atom stereocenters. The van der Waals surface area contributed by atoms with Crippen LogP contribution in [0.15, 0.2) is 41.0 Å². The third kappa shape index (κ3) is 3.39. The quantitative estimate of drug-likeness (QED) is 0.646. The lowest BCUT2D eigenvalue weighted by atomic mass is 10.1. The van der Waals surface area contributed by atoms with Gasteiger partial charge in [0, 0.05) is 12.6 Å². The number of hydrogen-bond acceptors (Lipinski definition) is 6. The molecular formula is C17H18N4O3. The predicted octanol–water partition coefficient (Wildman–Crippen LogP) is 3.31. The fraction of sp³-hybridized carbons (Fsp3) is 0.353. The molecule has 1 aliphatic rings. The molecule has 0 radical (unpaired) electrons. The first-order valence-corrected chi connectivity index (χ1v) is 7.89. The topological polar surface area (TPSA) is 95.3 Å². The monoisotopic (exact) mass is 326 g/mol. The lowest BCUT2D eigenvalue weighted by molar-refractivity contribution is -0.384. The fourth-order valence-corrected chi connectivity index (χ4v) is 3.05. The van der Waals surface area contributed by atoms with Crippen LogP contribution in [0.2, 0.25) is 0 Å². The maximum Gasteiger partial charge on any atom is 0.293 e. The van der Waals surface area contributed by atoms with Gasteiger partial charge in [-0.25, -0.2) is 0 Å². The number of hydrogen-bond donors (Lipinski definition) is 1. The van der Waals surface area contributed by atoms with Gasteiger partial charge in [-0.3, -0.25) is 15.0 Å². The van der Waals surface area contributed by atoms with Crippen molar-refractivity contribution in [3.63, 3.8) is 0 Å². The largest absolute Gasteiger partial charge is 0.468 e. The lowest BCUT2D eigenvalue weighted by Gasteiger charge is -2.26. The highest BCUT2D eigenvalue weighted by Gasteiger charge is 2.26. The molecule has 7 heteroatoms. The average Bonchev–Trinajstić information content (AvgIpc) is 3.29. The molecule has 2 heterocycles. The SMILES string of the molecule is N#Cc1ccc(NC[C@H](c2ccco2)N2CCCC2)c([N+](=O)[O-])c1. The Labute approximate surface area is 139 Å². The van der Waals surface area contributed by atoms with Crippen LogP contribution in [0.1, 0.15) is 30.2 Å². The molecule has 0 spiro atoms. The second-order valence-electron chi connectivity index (χ2n) is 5.76. The highest BCUT2D eigenvalue weighted by Crippen LogP contribution is 2.29. The molecule has 0 saturated carbocycles. The zero-order valence-corrected chi connectivity index (χ0v) is 13.1. The summed E-state index contributed by atoms with van der Waals surface area (Å²) in [7, 11) is 0. The number of nitrogens with zero attached hydrogens (tertiary/aromatic N) is 3. The summed E-state index contributed by atoms with van der Waals surface area (Å²) in [6.07, 6.45) is 3.94. The minimum atomic E-state index is -0.471. The summed E-state index contributed by atoms with van der Waals surface area (Å²) in [6, 6.07) is 10.2. The van der Waals surface area contributed by atoms with Crippen LogP contribution in [0, 0.1) is 21.4 Å². The number of anilines is 1. The molecule has 0 aliphatic carbocycles. The number of nitrogens with one attached hydrogen (secondary N) is 1. The Morgan fingerprint density at radius 1 is 1.38 bits per heavy atom. The maximum atomic E-state index is 11.2. The number of nitro groups is 1. The minimum absolute atomic E-state index is 0.0257. The Balaban J connectivity index is 1.80. The second-order valence-corrected chi connectivity index (χ2v) is 5.76. The number of benzene rings is 1. The van der Waals surface area contributed by atoms with E-state index in [1.807, 2.05) is 18.2 Å². The first-order chi connectivity index (χ1) is 11.7. The van der Waals surface area contributed by atoms with Gasteiger partial charge in [0.15, 0.2) is 0 Å². The summed E-state index contributed by atoms with van der Waals surface area (Å²) in [4.78, 5) is 13.1. The molecule has 1 N–H and O–H groups in total. The van der Waals surface area contributed by atoms with Crippen molar-refractivity contribution in [3.05, 3.63) is 58.0 Å². The molecule has 1 fully saturated rings. The summed E-state index contributed by atoms with van der Waals surface area (Å²) in [5.41, 5.74) is 0.595. The van der Waals surface area contributed by atoms with E-state index in [1.54, 1.807) is 18.4 Å². The molecule has 7 nitrogen and oxygen atoms in total. The number of furan rings is 1. The van der Waals surface area contributed by atoms with E-state index >= 15 is 0 Å². The molecule has 124 valence electrons. The van der Waals surface area contributed by atoms with Gasteiger partial charge < -0.3 is 9.73 Å². The Bertz CT molecular complexity index is 746. The van der Waals surface area contributed by atoms with Crippen molar-refractivity contribution >= 4 is 11.4 Å². The van der Waals surface area contributed by atoms with Gasteiger partial charge in [-0.2, -0.15) is 5.26 Å². The lowest BCUT2D eigenvalue weighted by Crippen LogP contribution is -2.30. The van der Waals surface area contributed by atoms with Crippen molar-refractivity contribution in [3.8, 4) is 6.07 Å². The van der Waals surface area contributed by atoms with E-state index < -0.39 is 4.92 Å². The Morgan fingerprint density at radius 3 is 2.79 bits per heavy atom. The van der Waals surface area contributed by atoms with Crippen LogP contribution in [-0.4, -0.2) is 29.5 Å². The standard InChI is InChI=1S/C17H18N4O3/c18-11-13-5-6-14(15(10-13)21(22)23)19-12-16(17-4-3-9-24-17)20-7-1-2-8-20/h3-6,9-10,16,19H,1-2,7-8,12H2/t16-/m1/s1. The van der Waals surface area contributed by atoms with Gasteiger partial charge in [0.05, 0.1) is 28.9 Å². The zero-order valence-electron chi connectivity index (χ0n) is 13.1. The van der Waals surface area contributed by atoms with E-state index in [0.717, 1.165) is 31.7 Å². The Hall–Kier alpha value is -2.85. The van der Waals surface area contributed by atoms with Gasteiger partial charge in [0.2, 0.25) is 0 Å². The van der Waals surface area contributed by atoms with Gasteiger partial charge in [0.1, 0.15) is 11.4 Å². The Morgan fingerprint density at radius 2 is 2.17 bits per heavy atom. The molecule has 0 amide bonds. The van der Waals surface area contributed by atoms with Crippen LogP contribution in [-0.2, 0) is 0 Å². The molecule has 1 aromatic heterocycles. The summed E-state index contributed by atoms with van der Waals surface area (Å²) in [6.45, 7) is 2.48. The van der Waals surface area contributed by atoms with E-state index in [0.29, 0.717) is 12.2 Å².